The van der Waals surface area contributed by atoms with Crippen molar-refractivity contribution >= 4 is 39.7 Å². The molecule has 1 aliphatic heterocycles. The molecule has 0 unspecified atom stereocenters. The fourth-order valence-electron chi connectivity index (χ4n) is 5.84. The summed E-state index contributed by atoms with van der Waals surface area (Å²) in [4.78, 5) is 28.6. The lowest BCUT2D eigenvalue weighted by molar-refractivity contribution is 0.0526. The Morgan fingerprint density at radius 1 is 1.08 bits per heavy atom. The van der Waals surface area contributed by atoms with Crippen LogP contribution in [0.2, 0.25) is 0 Å². The molecular formula is C30H29N3O4. The molecule has 1 aliphatic carbocycles. The molecule has 7 heteroatoms. The van der Waals surface area contributed by atoms with Crippen molar-refractivity contribution in [1.29, 1.82) is 0 Å². The maximum Gasteiger partial charge on any atom is 0.338 e. The van der Waals surface area contributed by atoms with E-state index in [2.05, 4.69) is 29.2 Å². The minimum atomic E-state index is -0.383. The van der Waals surface area contributed by atoms with Gasteiger partial charge < -0.3 is 19.5 Å². The highest BCUT2D eigenvalue weighted by Gasteiger charge is 2.34. The normalized spacial score (nSPS) is 18.6. The second kappa shape index (κ2) is 9.07. The summed E-state index contributed by atoms with van der Waals surface area (Å²) in [6.45, 7) is 8.44. The van der Waals surface area contributed by atoms with Gasteiger partial charge in [-0.25, -0.2) is 4.79 Å². The van der Waals surface area contributed by atoms with Crippen LogP contribution >= 0.6 is 0 Å². The van der Waals surface area contributed by atoms with Crippen molar-refractivity contribution in [3.63, 3.8) is 0 Å². The largest absolute Gasteiger partial charge is 0.462 e. The van der Waals surface area contributed by atoms with Gasteiger partial charge in [0.15, 0.2) is 11.5 Å². The van der Waals surface area contributed by atoms with E-state index in [1.807, 2.05) is 36.4 Å². The second-order valence-electron chi connectivity index (χ2n) is 10.2. The molecule has 4 aromatic rings. The Morgan fingerprint density at radius 2 is 1.84 bits per heavy atom. The Hall–Kier alpha value is -4.13. The molecule has 0 spiro atoms. The molecule has 0 amide bonds. The van der Waals surface area contributed by atoms with Gasteiger partial charge in [0.05, 0.1) is 34.5 Å². The first-order chi connectivity index (χ1) is 17.9. The molecule has 0 bridgehead atoms. The lowest BCUT2D eigenvalue weighted by atomic mass is 9.85. The zero-order valence-corrected chi connectivity index (χ0v) is 21.2. The van der Waals surface area contributed by atoms with E-state index >= 15 is 0 Å². The fraction of sp³-hybridized carbons (Fsp3) is 0.300. The Morgan fingerprint density at radius 3 is 2.59 bits per heavy atom. The average Bonchev–Trinajstić information content (AvgIpc) is 3.32. The van der Waals surface area contributed by atoms with Crippen LogP contribution in [0.5, 0.6) is 0 Å². The number of piperidine rings is 1. The zero-order valence-electron chi connectivity index (χ0n) is 21.2. The van der Waals surface area contributed by atoms with E-state index in [-0.39, 0.29) is 11.8 Å². The van der Waals surface area contributed by atoms with Crippen LogP contribution in [0.1, 0.15) is 53.5 Å². The maximum absolute atomic E-state index is 13.9. The first-order valence-electron chi connectivity index (χ1n) is 12.8. The molecule has 1 fully saturated rings. The average molecular weight is 496 g/mol. The zero-order chi connectivity index (χ0) is 25.7. The minimum Gasteiger partial charge on any atom is -0.462 e. The number of esters is 1. The highest BCUT2D eigenvalue weighted by atomic mass is 16.5. The number of rotatable bonds is 5. The molecule has 188 valence electrons. The SMILES string of the molecule is CCOC(=O)c1cccc(Nc2cc(N3C[C@H](C)C[C@H](C)C3)c3noc4c3c2C(=O)c2ccccc2-4)c1. The van der Waals surface area contributed by atoms with Gasteiger partial charge in [0, 0.05) is 29.9 Å². The van der Waals surface area contributed by atoms with Gasteiger partial charge in [-0.05, 0) is 49.4 Å². The lowest BCUT2D eigenvalue weighted by Gasteiger charge is -2.37. The van der Waals surface area contributed by atoms with Crippen LogP contribution in [0, 0.1) is 11.8 Å². The minimum absolute atomic E-state index is 0.0766. The van der Waals surface area contributed by atoms with Crippen molar-refractivity contribution in [1.82, 2.24) is 5.16 Å². The molecular weight excluding hydrogens is 466 g/mol. The third-order valence-corrected chi connectivity index (χ3v) is 7.24. The number of carbonyl (C=O) groups excluding carboxylic acids is 2. The molecule has 0 radical (unpaired) electrons. The Bertz CT molecular complexity index is 1530. The molecule has 3 aromatic carbocycles. The first-order valence-corrected chi connectivity index (χ1v) is 12.8. The highest BCUT2D eigenvalue weighted by molar-refractivity contribution is 6.28. The number of carbonyl (C=O) groups is 2. The van der Waals surface area contributed by atoms with Crippen molar-refractivity contribution in [2.75, 3.05) is 29.9 Å². The molecule has 37 heavy (non-hydrogen) atoms. The fourth-order valence-corrected chi connectivity index (χ4v) is 5.84. The van der Waals surface area contributed by atoms with Gasteiger partial charge in [-0.2, -0.15) is 0 Å². The van der Waals surface area contributed by atoms with Crippen LogP contribution in [-0.2, 0) is 4.74 Å². The molecule has 1 saturated heterocycles. The quantitative estimate of drug-likeness (QED) is 0.281. The van der Waals surface area contributed by atoms with E-state index < -0.39 is 0 Å². The summed E-state index contributed by atoms with van der Waals surface area (Å²) >= 11 is 0. The summed E-state index contributed by atoms with van der Waals surface area (Å²) in [7, 11) is 0. The van der Waals surface area contributed by atoms with Crippen LogP contribution < -0.4 is 10.2 Å². The monoisotopic (exact) mass is 495 g/mol. The van der Waals surface area contributed by atoms with Crippen LogP contribution in [-0.4, -0.2) is 36.6 Å². The summed E-state index contributed by atoms with van der Waals surface area (Å²) in [6.07, 6.45) is 1.18. The number of nitrogens with one attached hydrogen (secondary N) is 1. The summed E-state index contributed by atoms with van der Waals surface area (Å²) in [5.41, 5.74) is 5.34. The highest BCUT2D eigenvalue weighted by Crippen LogP contribution is 2.47. The molecule has 2 aliphatic rings. The number of benzene rings is 3. The number of hydrogen-bond donors (Lipinski definition) is 1. The van der Waals surface area contributed by atoms with Crippen LogP contribution in [0.4, 0.5) is 17.1 Å². The number of hydrogen-bond acceptors (Lipinski definition) is 7. The maximum atomic E-state index is 13.9. The van der Waals surface area contributed by atoms with Gasteiger partial charge in [-0.1, -0.05) is 49.3 Å². The van der Waals surface area contributed by atoms with E-state index in [9.17, 15) is 9.59 Å². The van der Waals surface area contributed by atoms with Crippen molar-refractivity contribution < 1.29 is 18.8 Å². The van der Waals surface area contributed by atoms with Crippen molar-refractivity contribution in [2.24, 2.45) is 11.8 Å². The molecule has 2 atom stereocenters. The molecule has 1 N–H and O–H groups in total. The van der Waals surface area contributed by atoms with Gasteiger partial charge in [0.25, 0.3) is 0 Å². The number of fused-ring (bicyclic) bond motifs is 2. The van der Waals surface area contributed by atoms with Crippen LogP contribution in [0.3, 0.4) is 0 Å². The Labute approximate surface area is 215 Å². The Kier molecular flexibility index (Phi) is 5.71. The van der Waals surface area contributed by atoms with E-state index in [1.165, 1.54) is 6.42 Å². The van der Waals surface area contributed by atoms with Gasteiger partial charge in [0.2, 0.25) is 0 Å². The standard InChI is InChI=1S/C30H29N3O4/c1-4-36-30(35)19-8-7-9-20(13-19)31-23-14-24(33-15-17(2)12-18(3)16-33)27-26-25(23)28(34)21-10-5-6-11-22(21)29(26)37-32-27/h5-11,13-14,17-18,31H,4,12,15-16H2,1-3H3/t17-,18+. The van der Waals surface area contributed by atoms with Gasteiger partial charge in [0.1, 0.15) is 5.52 Å². The second-order valence-corrected chi connectivity index (χ2v) is 10.2. The predicted molar refractivity (Wildman–Crippen MR) is 144 cm³/mol. The first kappa shape index (κ1) is 23.3. The lowest BCUT2D eigenvalue weighted by Crippen LogP contribution is -2.39. The molecule has 7 nitrogen and oxygen atoms in total. The molecule has 6 rings (SSSR count). The third kappa shape index (κ3) is 3.95. The number of anilines is 3. The van der Waals surface area contributed by atoms with E-state index in [4.69, 9.17) is 9.26 Å². The summed E-state index contributed by atoms with van der Waals surface area (Å²) in [5.74, 6) is 1.23. The van der Waals surface area contributed by atoms with Gasteiger partial charge in [-0.15, -0.1) is 0 Å². The summed E-state index contributed by atoms with van der Waals surface area (Å²) in [5, 5.41) is 8.67. The van der Waals surface area contributed by atoms with Crippen molar-refractivity contribution in [3.05, 3.63) is 71.3 Å². The topological polar surface area (TPSA) is 84.7 Å². The van der Waals surface area contributed by atoms with E-state index in [0.717, 1.165) is 29.7 Å². The van der Waals surface area contributed by atoms with E-state index in [1.54, 1.807) is 25.1 Å². The Balaban J connectivity index is 1.54. The van der Waals surface area contributed by atoms with Crippen molar-refractivity contribution in [2.45, 2.75) is 27.2 Å². The van der Waals surface area contributed by atoms with E-state index in [0.29, 0.717) is 57.8 Å². The van der Waals surface area contributed by atoms with Crippen molar-refractivity contribution in [3.8, 4) is 11.3 Å². The summed E-state index contributed by atoms with van der Waals surface area (Å²) < 4.78 is 11.1. The van der Waals surface area contributed by atoms with Crippen LogP contribution in [0.25, 0.3) is 22.2 Å². The number of ketones is 1. The summed E-state index contributed by atoms with van der Waals surface area (Å²) in [6, 6.07) is 16.6. The molecule has 1 aromatic heterocycles. The smallest absolute Gasteiger partial charge is 0.338 e. The van der Waals surface area contributed by atoms with Crippen LogP contribution in [0.15, 0.2) is 59.1 Å². The molecule has 2 heterocycles. The molecule has 0 saturated carbocycles. The predicted octanol–water partition coefficient (Wildman–Crippen LogP) is 6.44. The number of ether oxygens (including phenoxy) is 1. The number of nitrogens with zero attached hydrogens (tertiary/aromatic N) is 2. The third-order valence-electron chi connectivity index (χ3n) is 7.24. The van der Waals surface area contributed by atoms with Gasteiger partial charge >= 0.3 is 5.97 Å². The number of aromatic nitrogens is 1. The van der Waals surface area contributed by atoms with Gasteiger partial charge in [-0.3, -0.25) is 4.79 Å².